The van der Waals surface area contributed by atoms with E-state index >= 15 is 0 Å². The molecule has 0 amide bonds. The summed E-state index contributed by atoms with van der Waals surface area (Å²) in [5.74, 6) is -1.77. The van der Waals surface area contributed by atoms with Crippen LogP contribution >= 0.6 is 0 Å². The van der Waals surface area contributed by atoms with Crippen molar-refractivity contribution in [3.8, 4) is 0 Å². The number of Topliss-reactive ketones (excluding diaryl/α,β-unsaturated/α-hetero) is 1. The van der Waals surface area contributed by atoms with Crippen molar-refractivity contribution in [2.24, 2.45) is 5.41 Å². The van der Waals surface area contributed by atoms with Crippen LogP contribution in [0.3, 0.4) is 0 Å². The van der Waals surface area contributed by atoms with Gasteiger partial charge in [-0.25, -0.2) is 0 Å². The molecule has 1 aliphatic carbocycles. The van der Waals surface area contributed by atoms with Gasteiger partial charge in [0.05, 0.1) is 14.2 Å². The fourth-order valence-corrected chi connectivity index (χ4v) is 4.86. The van der Waals surface area contributed by atoms with Gasteiger partial charge in [0.15, 0.2) is 16.6 Å². The average molecular weight is 418 g/mol. The zero-order valence-electron chi connectivity index (χ0n) is 17.8. The summed E-state index contributed by atoms with van der Waals surface area (Å²) in [5, 5.41) is 3.72. The molecule has 1 aliphatic rings. The van der Waals surface area contributed by atoms with E-state index in [4.69, 9.17) is 9.47 Å². The average Bonchev–Trinajstić information content (AvgIpc) is 3.32. The van der Waals surface area contributed by atoms with Crippen LogP contribution in [0, 0.1) is 5.41 Å². The van der Waals surface area contributed by atoms with Crippen LogP contribution in [0.4, 0.5) is 0 Å². The van der Waals surface area contributed by atoms with Gasteiger partial charge in [0.1, 0.15) is 0 Å². The number of benzene rings is 2. The van der Waals surface area contributed by atoms with Crippen molar-refractivity contribution in [2.45, 2.75) is 26.7 Å². The largest absolute Gasteiger partial charge is 0.468 e. The van der Waals surface area contributed by atoms with E-state index in [2.05, 4.69) is 0 Å². The first-order valence-electron chi connectivity index (χ1n) is 9.94. The summed E-state index contributed by atoms with van der Waals surface area (Å²) < 4.78 is 9.80. The van der Waals surface area contributed by atoms with Crippen molar-refractivity contribution in [1.29, 1.82) is 0 Å². The number of carbonyl (C=O) groups is 3. The van der Waals surface area contributed by atoms with Gasteiger partial charge in [0, 0.05) is 34.4 Å². The van der Waals surface area contributed by atoms with Crippen LogP contribution in [0.25, 0.3) is 27.1 Å². The monoisotopic (exact) mass is 418 g/mol. The van der Waals surface area contributed by atoms with E-state index in [0.29, 0.717) is 27.3 Å². The Balaban J connectivity index is 2.05. The van der Waals surface area contributed by atoms with Crippen LogP contribution in [0.5, 0.6) is 0 Å². The van der Waals surface area contributed by atoms with Crippen molar-refractivity contribution in [2.75, 3.05) is 14.2 Å². The molecule has 6 heteroatoms. The lowest BCUT2D eigenvalue weighted by molar-refractivity contribution is -0.168. The minimum Gasteiger partial charge on any atom is -0.468 e. The van der Waals surface area contributed by atoms with Crippen molar-refractivity contribution in [1.82, 2.24) is 0 Å². The molecule has 0 heterocycles. The van der Waals surface area contributed by atoms with Crippen LogP contribution in [-0.4, -0.2) is 31.9 Å². The van der Waals surface area contributed by atoms with E-state index in [-0.39, 0.29) is 24.1 Å². The first-order valence-corrected chi connectivity index (χ1v) is 9.94. The quantitative estimate of drug-likeness (QED) is 0.478. The van der Waals surface area contributed by atoms with Gasteiger partial charge in [-0.1, -0.05) is 36.4 Å². The Bertz CT molecular complexity index is 1370. The van der Waals surface area contributed by atoms with Crippen molar-refractivity contribution in [3.63, 3.8) is 0 Å². The number of hydrogen-bond donors (Lipinski definition) is 0. The highest BCUT2D eigenvalue weighted by Crippen LogP contribution is 2.47. The number of rotatable bonds is 4. The molecule has 0 N–H and O–H groups in total. The third kappa shape index (κ3) is 2.86. The number of hydrogen-bond acceptors (Lipinski definition) is 6. The molecule has 0 fully saturated rings. The summed E-state index contributed by atoms with van der Waals surface area (Å²) in [7, 11) is 2.39. The minimum absolute atomic E-state index is 0.0593. The summed E-state index contributed by atoms with van der Waals surface area (Å²) in [5.41, 5.74) is -0.308. The van der Waals surface area contributed by atoms with Crippen LogP contribution < -0.4 is 10.6 Å². The normalized spacial score (nSPS) is 16.6. The molecule has 0 saturated heterocycles. The fourth-order valence-electron chi connectivity index (χ4n) is 4.86. The van der Waals surface area contributed by atoms with Gasteiger partial charge in [0.2, 0.25) is 0 Å². The summed E-state index contributed by atoms with van der Waals surface area (Å²) in [6.07, 6.45) is -0.177. The predicted molar refractivity (Wildman–Crippen MR) is 117 cm³/mol. The highest BCUT2D eigenvalue weighted by molar-refractivity contribution is 6.13. The Morgan fingerprint density at radius 3 is 1.94 bits per heavy atom. The molecule has 0 aromatic heterocycles. The van der Waals surface area contributed by atoms with Gasteiger partial charge in [-0.2, -0.15) is 0 Å². The first-order chi connectivity index (χ1) is 14.8. The number of esters is 2. The van der Waals surface area contributed by atoms with Crippen LogP contribution in [0.1, 0.15) is 26.7 Å². The molecule has 6 nitrogen and oxygen atoms in total. The Hall–Kier alpha value is -3.54. The van der Waals surface area contributed by atoms with Gasteiger partial charge < -0.3 is 9.47 Å². The highest BCUT2D eigenvalue weighted by Gasteiger charge is 2.54. The lowest BCUT2D eigenvalue weighted by Gasteiger charge is -2.23. The zero-order valence-corrected chi connectivity index (χ0v) is 17.8. The molecule has 0 radical (unpaired) electrons. The van der Waals surface area contributed by atoms with Gasteiger partial charge in [0.25, 0.3) is 0 Å². The maximum Gasteiger partial charge on any atom is 0.323 e. The SMILES string of the molecule is COC(=O)C1(C(=O)OC)CC(C(C)=O)=C(/C(C)=c2\c(=O)c3cccc4cccc2c43)C1. The second-order valence-corrected chi connectivity index (χ2v) is 7.97. The lowest BCUT2D eigenvalue weighted by atomic mass is 9.82. The Kier molecular flexibility index (Phi) is 4.88. The third-order valence-electron chi connectivity index (χ3n) is 6.37. The van der Waals surface area contributed by atoms with Crippen LogP contribution in [0.2, 0.25) is 0 Å². The predicted octanol–water partition coefficient (Wildman–Crippen LogP) is 2.69. The zero-order chi connectivity index (χ0) is 22.5. The standard InChI is InChI=1S/C25H22O6/c1-13(20-16-9-5-7-15-8-6-10-17(21(15)16)22(20)27)18-11-25(23(28)30-3,24(29)31-4)12-19(18)14(2)26/h5-10H,11-12H2,1-4H3/b20-13-. The summed E-state index contributed by atoms with van der Waals surface area (Å²) in [4.78, 5) is 51.1. The van der Waals surface area contributed by atoms with Crippen molar-refractivity contribution in [3.05, 3.63) is 63.0 Å². The van der Waals surface area contributed by atoms with Crippen molar-refractivity contribution >= 4 is 44.8 Å². The molecule has 0 spiro atoms. The van der Waals surface area contributed by atoms with E-state index in [9.17, 15) is 19.2 Å². The topological polar surface area (TPSA) is 86.7 Å². The molecule has 0 bridgehead atoms. The van der Waals surface area contributed by atoms with Gasteiger partial charge in [-0.15, -0.1) is 0 Å². The highest BCUT2D eigenvalue weighted by atomic mass is 16.5. The number of carbonyl (C=O) groups excluding carboxylic acids is 3. The Morgan fingerprint density at radius 1 is 0.839 bits per heavy atom. The molecule has 0 aliphatic heterocycles. The number of allylic oxidation sites excluding steroid dienone is 2. The van der Waals surface area contributed by atoms with E-state index in [1.807, 2.05) is 30.3 Å². The molecular weight excluding hydrogens is 396 g/mol. The fraction of sp³-hybridized carbons (Fsp3) is 0.280. The van der Waals surface area contributed by atoms with E-state index < -0.39 is 17.4 Å². The number of methoxy groups -OCH3 is 2. The maximum absolute atomic E-state index is 13.3. The summed E-state index contributed by atoms with van der Waals surface area (Å²) >= 11 is 0. The summed E-state index contributed by atoms with van der Waals surface area (Å²) in [6.45, 7) is 3.16. The molecule has 3 aromatic rings. The Morgan fingerprint density at radius 2 is 1.39 bits per heavy atom. The molecule has 4 rings (SSSR count). The smallest absolute Gasteiger partial charge is 0.323 e. The molecule has 158 valence electrons. The third-order valence-corrected chi connectivity index (χ3v) is 6.37. The van der Waals surface area contributed by atoms with Gasteiger partial charge in [-0.3, -0.25) is 19.2 Å². The summed E-state index contributed by atoms with van der Waals surface area (Å²) in [6, 6.07) is 11.3. The molecule has 0 atom stereocenters. The van der Waals surface area contributed by atoms with Gasteiger partial charge in [-0.05, 0) is 35.8 Å². The maximum atomic E-state index is 13.3. The number of ketones is 1. The number of ether oxygens (including phenoxy) is 2. The lowest BCUT2D eigenvalue weighted by Crippen LogP contribution is -2.40. The molecule has 0 unspecified atom stereocenters. The van der Waals surface area contributed by atoms with Gasteiger partial charge >= 0.3 is 11.9 Å². The molecule has 3 aromatic carbocycles. The van der Waals surface area contributed by atoms with Crippen molar-refractivity contribution < 1.29 is 23.9 Å². The Labute approximate surface area is 178 Å². The van der Waals surface area contributed by atoms with Crippen LogP contribution in [0.15, 0.2) is 52.3 Å². The van der Waals surface area contributed by atoms with E-state index in [1.165, 1.54) is 21.1 Å². The second-order valence-electron chi connectivity index (χ2n) is 7.97. The molecule has 0 saturated carbocycles. The molecule has 31 heavy (non-hydrogen) atoms. The minimum atomic E-state index is -1.64. The molecular formula is C25H22O6. The first kappa shape index (κ1) is 20.7. The van der Waals surface area contributed by atoms with E-state index in [0.717, 1.165) is 16.2 Å². The van der Waals surface area contributed by atoms with Crippen LogP contribution in [-0.2, 0) is 23.9 Å². The van der Waals surface area contributed by atoms with E-state index in [1.54, 1.807) is 13.0 Å². The second kappa shape index (κ2) is 7.30.